The Bertz CT molecular complexity index is 681. The van der Waals surface area contributed by atoms with Gasteiger partial charge < -0.3 is 10.1 Å². The minimum Gasteiger partial charge on any atom is -0.490 e. The lowest BCUT2D eigenvalue weighted by Crippen LogP contribution is -2.33. The fraction of sp³-hybridized carbons (Fsp3) is 0.478. The Balaban J connectivity index is 1.87. The Hall–Kier alpha value is -2.01. The molecule has 2 rings (SSSR count). The van der Waals surface area contributed by atoms with Crippen molar-refractivity contribution in [3.8, 4) is 5.75 Å². The summed E-state index contributed by atoms with van der Waals surface area (Å²) in [6.07, 6.45) is 5.04. The van der Waals surface area contributed by atoms with Crippen LogP contribution in [0.3, 0.4) is 0 Å². The molecule has 2 unspecified atom stereocenters. The molecule has 2 nitrogen and oxygen atoms in total. The molecule has 1 N–H and O–H groups in total. The maximum atomic E-state index is 12.9. The fourth-order valence-electron chi connectivity index (χ4n) is 3.70. The Morgan fingerprint density at radius 2 is 2.11 bits per heavy atom. The van der Waals surface area contributed by atoms with Gasteiger partial charge in [-0.05, 0) is 67.8 Å². The SMILES string of the molecule is C=C/C=C(\C=C)CNCC(C)C1CCC[C@@H](Oc2cccc(C(F)(F)F)c2)C1. The largest absolute Gasteiger partial charge is 0.490 e. The van der Waals surface area contributed by atoms with Crippen molar-refractivity contribution in [2.24, 2.45) is 11.8 Å². The molecule has 0 radical (unpaired) electrons. The van der Waals surface area contributed by atoms with E-state index in [0.29, 0.717) is 17.6 Å². The molecule has 0 aliphatic heterocycles. The second-order valence-corrected chi connectivity index (χ2v) is 7.48. The molecule has 0 bridgehead atoms. The van der Waals surface area contributed by atoms with Crippen LogP contribution in [0, 0.1) is 11.8 Å². The minimum absolute atomic E-state index is 0.0333. The van der Waals surface area contributed by atoms with E-state index in [2.05, 4.69) is 25.4 Å². The second kappa shape index (κ2) is 10.5. The number of alkyl halides is 3. The first kappa shape index (κ1) is 22.3. The van der Waals surface area contributed by atoms with Crippen molar-refractivity contribution in [3.63, 3.8) is 0 Å². The van der Waals surface area contributed by atoms with Crippen LogP contribution < -0.4 is 10.1 Å². The highest BCUT2D eigenvalue weighted by Gasteiger charge is 2.31. The van der Waals surface area contributed by atoms with Crippen molar-refractivity contribution in [2.45, 2.75) is 44.9 Å². The smallest absolute Gasteiger partial charge is 0.416 e. The van der Waals surface area contributed by atoms with Crippen molar-refractivity contribution < 1.29 is 17.9 Å². The first-order valence-corrected chi connectivity index (χ1v) is 9.82. The second-order valence-electron chi connectivity index (χ2n) is 7.48. The van der Waals surface area contributed by atoms with E-state index in [4.69, 9.17) is 4.74 Å². The predicted molar refractivity (Wildman–Crippen MR) is 108 cm³/mol. The van der Waals surface area contributed by atoms with Gasteiger partial charge in [-0.25, -0.2) is 0 Å². The maximum Gasteiger partial charge on any atom is 0.416 e. The number of nitrogens with one attached hydrogen (secondary N) is 1. The van der Waals surface area contributed by atoms with Gasteiger partial charge in [-0.15, -0.1) is 0 Å². The summed E-state index contributed by atoms with van der Waals surface area (Å²) in [5.41, 5.74) is 0.428. The molecule has 0 saturated heterocycles. The van der Waals surface area contributed by atoms with Crippen LogP contribution in [0.15, 0.2) is 61.2 Å². The Kier molecular flexibility index (Phi) is 8.36. The lowest BCUT2D eigenvalue weighted by Gasteiger charge is -2.33. The Labute approximate surface area is 166 Å². The third-order valence-electron chi connectivity index (χ3n) is 5.33. The molecular formula is C23H30F3NO. The number of hydrogen-bond acceptors (Lipinski definition) is 2. The van der Waals surface area contributed by atoms with E-state index in [-0.39, 0.29) is 6.10 Å². The molecule has 5 heteroatoms. The van der Waals surface area contributed by atoms with Crippen molar-refractivity contribution >= 4 is 0 Å². The van der Waals surface area contributed by atoms with Crippen LogP contribution in [-0.4, -0.2) is 19.2 Å². The molecule has 1 fully saturated rings. The lowest BCUT2D eigenvalue weighted by molar-refractivity contribution is -0.137. The molecule has 1 saturated carbocycles. The molecule has 3 atom stereocenters. The van der Waals surface area contributed by atoms with Crippen LogP contribution in [0.2, 0.25) is 0 Å². The van der Waals surface area contributed by atoms with Crippen LogP contribution in [-0.2, 0) is 6.18 Å². The average Bonchev–Trinajstić information content (AvgIpc) is 2.67. The maximum absolute atomic E-state index is 12.9. The highest BCUT2D eigenvalue weighted by Crippen LogP contribution is 2.35. The zero-order valence-corrected chi connectivity index (χ0v) is 16.5. The van der Waals surface area contributed by atoms with Crippen LogP contribution >= 0.6 is 0 Å². The van der Waals surface area contributed by atoms with Gasteiger partial charge in [0.15, 0.2) is 0 Å². The summed E-state index contributed by atoms with van der Waals surface area (Å²) in [5, 5.41) is 3.45. The van der Waals surface area contributed by atoms with Gasteiger partial charge in [0.05, 0.1) is 11.7 Å². The van der Waals surface area contributed by atoms with Gasteiger partial charge in [-0.3, -0.25) is 0 Å². The molecular weight excluding hydrogens is 363 g/mol. The average molecular weight is 393 g/mol. The monoisotopic (exact) mass is 393 g/mol. The van der Waals surface area contributed by atoms with Gasteiger partial charge in [0, 0.05) is 6.54 Å². The Morgan fingerprint density at radius 1 is 1.32 bits per heavy atom. The zero-order chi connectivity index (χ0) is 20.6. The molecule has 1 aliphatic rings. The van der Waals surface area contributed by atoms with Crippen LogP contribution in [0.25, 0.3) is 0 Å². The standard InChI is InChI=1S/C23H30F3NO/c1-4-8-18(5-2)16-27-15-17(3)19-9-6-11-21(13-19)28-22-12-7-10-20(14-22)23(24,25)26/h4-5,7-8,10,12,14,17,19,21,27H,1-2,6,9,11,13,15-16H2,3H3/b18-8+/t17?,19?,21-/m1/s1. The van der Waals surface area contributed by atoms with Crippen molar-refractivity contribution in [1.82, 2.24) is 5.32 Å². The number of allylic oxidation sites excluding steroid dienone is 2. The third-order valence-corrected chi connectivity index (χ3v) is 5.33. The molecule has 0 amide bonds. The third kappa shape index (κ3) is 6.86. The quantitative estimate of drug-likeness (QED) is 0.507. The van der Waals surface area contributed by atoms with E-state index in [1.54, 1.807) is 12.1 Å². The predicted octanol–water partition coefficient (Wildman–Crippen LogP) is 6.17. The number of hydrogen-bond donors (Lipinski definition) is 1. The molecule has 0 aromatic heterocycles. The van der Waals surface area contributed by atoms with E-state index < -0.39 is 11.7 Å². The highest BCUT2D eigenvalue weighted by atomic mass is 19.4. The molecule has 1 aromatic carbocycles. The lowest BCUT2D eigenvalue weighted by atomic mass is 9.79. The highest BCUT2D eigenvalue weighted by molar-refractivity contribution is 5.30. The van der Waals surface area contributed by atoms with Crippen molar-refractivity contribution in [1.29, 1.82) is 0 Å². The normalized spacial score (nSPS) is 21.8. The van der Waals surface area contributed by atoms with Gasteiger partial charge in [-0.1, -0.05) is 44.4 Å². The number of rotatable bonds is 9. The van der Waals surface area contributed by atoms with E-state index >= 15 is 0 Å². The molecule has 154 valence electrons. The summed E-state index contributed by atoms with van der Waals surface area (Å²) >= 11 is 0. The fourth-order valence-corrected chi connectivity index (χ4v) is 3.70. The topological polar surface area (TPSA) is 21.3 Å². The van der Waals surface area contributed by atoms with Gasteiger partial charge in [0.2, 0.25) is 0 Å². The molecule has 1 aromatic rings. The van der Waals surface area contributed by atoms with Crippen LogP contribution in [0.4, 0.5) is 13.2 Å². The molecule has 0 heterocycles. The van der Waals surface area contributed by atoms with E-state index in [1.165, 1.54) is 6.07 Å². The first-order chi connectivity index (χ1) is 13.3. The van der Waals surface area contributed by atoms with Gasteiger partial charge in [-0.2, -0.15) is 13.2 Å². The van der Waals surface area contributed by atoms with Crippen molar-refractivity contribution in [3.05, 3.63) is 66.8 Å². The first-order valence-electron chi connectivity index (χ1n) is 9.82. The molecule has 1 aliphatic carbocycles. The summed E-state index contributed by atoms with van der Waals surface area (Å²) in [7, 11) is 0. The summed E-state index contributed by atoms with van der Waals surface area (Å²) in [6, 6.07) is 5.17. The summed E-state index contributed by atoms with van der Waals surface area (Å²) in [5.74, 6) is 1.26. The number of benzene rings is 1. The Morgan fingerprint density at radius 3 is 2.79 bits per heavy atom. The summed E-state index contributed by atoms with van der Waals surface area (Å²) < 4.78 is 44.6. The van der Waals surface area contributed by atoms with Crippen molar-refractivity contribution in [2.75, 3.05) is 13.1 Å². The summed E-state index contributed by atoms with van der Waals surface area (Å²) in [6.45, 7) is 11.3. The molecule has 28 heavy (non-hydrogen) atoms. The van der Waals surface area contributed by atoms with Gasteiger partial charge in [0.25, 0.3) is 0 Å². The van der Waals surface area contributed by atoms with E-state index in [0.717, 1.165) is 56.5 Å². The van der Waals surface area contributed by atoms with Gasteiger partial charge >= 0.3 is 6.18 Å². The molecule has 0 spiro atoms. The van der Waals surface area contributed by atoms with Gasteiger partial charge in [0.1, 0.15) is 5.75 Å². The van der Waals surface area contributed by atoms with Crippen LogP contribution in [0.5, 0.6) is 5.75 Å². The zero-order valence-electron chi connectivity index (χ0n) is 16.5. The van der Waals surface area contributed by atoms with E-state index in [9.17, 15) is 13.2 Å². The number of ether oxygens (including phenoxy) is 1. The minimum atomic E-state index is -4.35. The van der Waals surface area contributed by atoms with Crippen LogP contribution in [0.1, 0.15) is 38.2 Å². The summed E-state index contributed by atoms with van der Waals surface area (Å²) in [4.78, 5) is 0. The number of halogens is 3. The van der Waals surface area contributed by atoms with E-state index in [1.807, 2.05) is 12.2 Å².